The van der Waals surface area contributed by atoms with Crippen LogP contribution in [0, 0.1) is 0 Å². The molecule has 0 amide bonds. The normalized spacial score (nSPS) is 14.3. The van der Waals surface area contributed by atoms with Crippen LogP contribution in [0.1, 0.15) is 12.8 Å². The van der Waals surface area contributed by atoms with Crippen molar-refractivity contribution in [3.05, 3.63) is 18.2 Å². The molecule has 5 nitrogen and oxygen atoms in total. The number of hydrogen-bond donors (Lipinski definition) is 0. The first-order valence-corrected chi connectivity index (χ1v) is 6.37. The topological polar surface area (TPSA) is 48.0 Å². The van der Waals surface area contributed by atoms with Crippen molar-refractivity contribution in [1.29, 1.82) is 0 Å². The molecule has 0 atom stereocenters. The van der Waals surface area contributed by atoms with Crippen LogP contribution < -0.4 is 14.4 Å². The van der Waals surface area contributed by atoms with Gasteiger partial charge in [-0.1, -0.05) is 0 Å². The Morgan fingerprint density at radius 1 is 1.26 bits per heavy atom. The Bertz CT molecular complexity index is 441. The molecule has 1 aromatic rings. The molecule has 0 radical (unpaired) electrons. The van der Waals surface area contributed by atoms with Crippen molar-refractivity contribution in [3.8, 4) is 11.5 Å². The second-order valence-corrected chi connectivity index (χ2v) is 4.39. The van der Waals surface area contributed by atoms with Gasteiger partial charge in [0.2, 0.25) is 0 Å². The van der Waals surface area contributed by atoms with Gasteiger partial charge in [0.25, 0.3) is 0 Å². The molecule has 0 aromatic heterocycles. The minimum absolute atomic E-state index is 0.0811. The summed E-state index contributed by atoms with van der Waals surface area (Å²) in [6.45, 7) is 1.97. The van der Waals surface area contributed by atoms with E-state index < -0.39 is 5.97 Å². The van der Waals surface area contributed by atoms with E-state index in [2.05, 4.69) is 9.64 Å². The number of methoxy groups -OCH3 is 2. The van der Waals surface area contributed by atoms with Crippen molar-refractivity contribution in [2.75, 3.05) is 38.8 Å². The fourth-order valence-electron chi connectivity index (χ4n) is 2.17. The summed E-state index contributed by atoms with van der Waals surface area (Å²) in [6.07, 6.45) is 2.38. The van der Waals surface area contributed by atoms with Crippen LogP contribution in [0.3, 0.4) is 0 Å². The monoisotopic (exact) mass is 265 g/mol. The third kappa shape index (κ3) is 3.30. The van der Waals surface area contributed by atoms with Crippen LogP contribution in [0.5, 0.6) is 11.5 Å². The van der Waals surface area contributed by atoms with E-state index in [0.717, 1.165) is 24.5 Å². The summed E-state index contributed by atoms with van der Waals surface area (Å²) >= 11 is 0. The molecule has 19 heavy (non-hydrogen) atoms. The highest BCUT2D eigenvalue weighted by atomic mass is 16.6. The smallest absolute Gasteiger partial charge is 0.343 e. The van der Waals surface area contributed by atoms with E-state index in [1.54, 1.807) is 13.2 Å². The van der Waals surface area contributed by atoms with Crippen molar-refractivity contribution in [3.63, 3.8) is 0 Å². The Balaban J connectivity index is 2.13. The van der Waals surface area contributed by atoms with Gasteiger partial charge in [-0.2, -0.15) is 0 Å². The van der Waals surface area contributed by atoms with Crippen molar-refractivity contribution in [2.45, 2.75) is 12.8 Å². The van der Waals surface area contributed by atoms with Crippen LogP contribution in [-0.2, 0) is 9.53 Å². The van der Waals surface area contributed by atoms with E-state index >= 15 is 0 Å². The molecule has 5 heteroatoms. The number of benzene rings is 1. The van der Waals surface area contributed by atoms with Gasteiger partial charge in [0, 0.05) is 19.2 Å². The van der Waals surface area contributed by atoms with E-state index in [4.69, 9.17) is 9.47 Å². The SMILES string of the molecule is COC(=O)COc1ccc(OC)c(N2CCCC2)c1. The van der Waals surface area contributed by atoms with E-state index in [9.17, 15) is 4.79 Å². The molecule has 104 valence electrons. The highest BCUT2D eigenvalue weighted by molar-refractivity contribution is 5.71. The molecule has 0 bridgehead atoms. The number of carbonyl (C=O) groups is 1. The van der Waals surface area contributed by atoms with E-state index in [0.29, 0.717) is 5.75 Å². The first kappa shape index (κ1) is 13.5. The van der Waals surface area contributed by atoms with E-state index in [-0.39, 0.29) is 6.61 Å². The van der Waals surface area contributed by atoms with Crippen LogP contribution in [0.4, 0.5) is 5.69 Å². The number of anilines is 1. The van der Waals surface area contributed by atoms with Crippen molar-refractivity contribution in [1.82, 2.24) is 0 Å². The molecule has 1 saturated heterocycles. The Morgan fingerprint density at radius 2 is 2.00 bits per heavy atom. The fraction of sp³-hybridized carbons (Fsp3) is 0.500. The summed E-state index contributed by atoms with van der Waals surface area (Å²) in [7, 11) is 3.00. The van der Waals surface area contributed by atoms with Crippen molar-refractivity contribution in [2.24, 2.45) is 0 Å². The van der Waals surface area contributed by atoms with E-state index in [1.807, 2.05) is 12.1 Å². The molecule has 1 aliphatic heterocycles. The fourth-order valence-corrected chi connectivity index (χ4v) is 2.17. The first-order valence-electron chi connectivity index (χ1n) is 6.37. The quantitative estimate of drug-likeness (QED) is 0.760. The number of ether oxygens (including phenoxy) is 3. The first-order chi connectivity index (χ1) is 9.24. The van der Waals surface area contributed by atoms with Gasteiger partial charge in [0.05, 0.1) is 19.9 Å². The molecule has 0 N–H and O–H groups in total. The Hall–Kier alpha value is -1.91. The molecular formula is C14H19NO4. The summed E-state index contributed by atoms with van der Waals surface area (Å²) in [5, 5.41) is 0. The highest BCUT2D eigenvalue weighted by Gasteiger charge is 2.17. The third-order valence-corrected chi connectivity index (χ3v) is 3.18. The molecule has 1 aromatic carbocycles. The second-order valence-electron chi connectivity index (χ2n) is 4.39. The van der Waals surface area contributed by atoms with Gasteiger partial charge < -0.3 is 19.1 Å². The molecular weight excluding hydrogens is 246 g/mol. The Labute approximate surface area is 113 Å². The predicted octanol–water partition coefficient (Wildman–Crippen LogP) is 1.85. The maximum Gasteiger partial charge on any atom is 0.343 e. The van der Waals surface area contributed by atoms with Crippen LogP contribution in [-0.4, -0.2) is 39.9 Å². The van der Waals surface area contributed by atoms with Gasteiger partial charge in [0.1, 0.15) is 11.5 Å². The lowest BCUT2D eigenvalue weighted by Crippen LogP contribution is -2.19. The lowest BCUT2D eigenvalue weighted by molar-refractivity contribution is -0.142. The minimum atomic E-state index is -0.390. The summed E-state index contributed by atoms with van der Waals surface area (Å²) in [4.78, 5) is 13.3. The van der Waals surface area contributed by atoms with Gasteiger partial charge in [-0.05, 0) is 25.0 Å². The molecule has 2 rings (SSSR count). The van der Waals surface area contributed by atoms with Gasteiger partial charge in [-0.15, -0.1) is 0 Å². The van der Waals surface area contributed by atoms with Gasteiger partial charge in [-0.3, -0.25) is 0 Å². The zero-order valence-electron chi connectivity index (χ0n) is 11.3. The van der Waals surface area contributed by atoms with Crippen LogP contribution in [0.2, 0.25) is 0 Å². The average Bonchev–Trinajstić information content (AvgIpc) is 2.98. The van der Waals surface area contributed by atoms with Crippen LogP contribution in [0.25, 0.3) is 0 Å². The summed E-state index contributed by atoms with van der Waals surface area (Å²) in [5.41, 5.74) is 1.02. The lowest BCUT2D eigenvalue weighted by Gasteiger charge is -2.21. The number of esters is 1. The molecule has 0 saturated carbocycles. The standard InChI is InChI=1S/C14H19NO4/c1-17-13-6-5-11(19-10-14(16)18-2)9-12(13)15-7-3-4-8-15/h5-6,9H,3-4,7-8,10H2,1-2H3. The Morgan fingerprint density at radius 3 is 2.63 bits per heavy atom. The van der Waals surface area contributed by atoms with Crippen LogP contribution >= 0.6 is 0 Å². The van der Waals surface area contributed by atoms with Crippen molar-refractivity contribution >= 4 is 11.7 Å². The molecule has 1 heterocycles. The second kappa shape index (κ2) is 6.31. The Kier molecular flexibility index (Phi) is 4.49. The summed E-state index contributed by atoms with van der Waals surface area (Å²) in [5.74, 6) is 1.08. The molecule has 1 aliphatic rings. The van der Waals surface area contributed by atoms with E-state index in [1.165, 1.54) is 20.0 Å². The third-order valence-electron chi connectivity index (χ3n) is 3.18. The maximum absolute atomic E-state index is 11.1. The molecule has 0 aliphatic carbocycles. The lowest BCUT2D eigenvalue weighted by atomic mass is 10.2. The number of hydrogen-bond acceptors (Lipinski definition) is 5. The zero-order chi connectivity index (χ0) is 13.7. The molecule has 1 fully saturated rings. The number of rotatable bonds is 5. The number of nitrogens with zero attached hydrogens (tertiary/aromatic N) is 1. The highest BCUT2D eigenvalue weighted by Crippen LogP contribution is 2.34. The van der Waals surface area contributed by atoms with Gasteiger partial charge in [0.15, 0.2) is 6.61 Å². The summed E-state index contributed by atoms with van der Waals surface area (Å²) < 4.78 is 15.3. The van der Waals surface area contributed by atoms with Gasteiger partial charge in [-0.25, -0.2) is 4.79 Å². The number of carbonyl (C=O) groups excluding carboxylic acids is 1. The largest absolute Gasteiger partial charge is 0.495 e. The van der Waals surface area contributed by atoms with Crippen molar-refractivity contribution < 1.29 is 19.0 Å². The van der Waals surface area contributed by atoms with Gasteiger partial charge >= 0.3 is 5.97 Å². The zero-order valence-corrected chi connectivity index (χ0v) is 11.3. The predicted molar refractivity (Wildman–Crippen MR) is 72.0 cm³/mol. The molecule has 0 unspecified atom stereocenters. The minimum Gasteiger partial charge on any atom is -0.495 e. The maximum atomic E-state index is 11.1. The van der Waals surface area contributed by atoms with Crippen LogP contribution in [0.15, 0.2) is 18.2 Å². The summed E-state index contributed by atoms with van der Waals surface area (Å²) in [6, 6.07) is 5.56. The average molecular weight is 265 g/mol. The molecule has 0 spiro atoms.